The van der Waals surface area contributed by atoms with Crippen LogP contribution in [-0.2, 0) is 17.7 Å². The highest BCUT2D eigenvalue weighted by Crippen LogP contribution is 2.20. The first-order valence-corrected chi connectivity index (χ1v) is 6.57. The van der Waals surface area contributed by atoms with Gasteiger partial charge in [0.2, 0.25) is 0 Å². The number of hydrogen-bond donors (Lipinski definition) is 1. The van der Waals surface area contributed by atoms with Gasteiger partial charge < -0.3 is 10.5 Å². The van der Waals surface area contributed by atoms with Crippen molar-refractivity contribution >= 4 is 0 Å². The van der Waals surface area contributed by atoms with E-state index in [0.717, 1.165) is 44.7 Å². The zero-order valence-corrected chi connectivity index (χ0v) is 10.9. The van der Waals surface area contributed by atoms with Crippen LogP contribution in [0.4, 0.5) is 0 Å². The third-order valence-electron chi connectivity index (χ3n) is 3.60. The lowest BCUT2D eigenvalue weighted by Crippen LogP contribution is -2.36. The molecule has 1 aliphatic heterocycles. The van der Waals surface area contributed by atoms with Crippen molar-refractivity contribution in [3.63, 3.8) is 0 Å². The van der Waals surface area contributed by atoms with Crippen LogP contribution in [0.1, 0.15) is 31.2 Å². The molecule has 0 spiro atoms. The average Bonchev–Trinajstić information content (AvgIpc) is 2.70. The van der Waals surface area contributed by atoms with Crippen molar-refractivity contribution < 1.29 is 4.74 Å². The molecule has 1 aromatic rings. The lowest BCUT2D eigenvalue weighted by Gasteiger charge is -2.27. The summed E-state index contributed by atoms with van der Waals surface area (Å²) in [6, 6.07) is 2.39. The molecule has 96 valence electrons. The summed E-state index contributed by atoms with van der Waals surface area (Å²) in [5.74, 6) is 0.601. The van der Waals surface area contributed by atoms with Gasteiger partial charge in [0.15, 0.2) is 0 Å². The van der Waals surface area contributed by atoms with Crippen LogP contribution in [0.15, 0.2) is 6.07 Å². The van der Waals surface area contributed by atoms with Crippen molar-refractivity contribution in [2.45, 2.75) is 45.7 Å². The van der Waals surface area contributed by atoms with Crippen LogP contribution in [0.3, 0.4) is 0 Å². The lowest BCUT2D eigenvalue weighted by molar-refractivity contribution is 0.0583. The van der Waals surface area contributed by atoms with Gasteiger partial charge in [0, 0.05) is 37.9 Å². The molecule has 0 saturated carbocycles. The largest absolute Gasteiger partial charge is 0.381 e. The molecule has 0 aromatic carbocycles. The molecule has 0 amide bonds. The van der Waals surface area contributed by atoms with Crippen molar-refractivity contribution in [1.29, 1.82) is 0 Å². The molecule has 1 fully saturated rings. The highest BCUT2D eigenvalue weighted by Gasteiger charge is 2.22. The Morgan fingerprint density at radius 2 is 2.24 bits per heavy atom. The van der Waals surface area contributed by atoms with Crippen molar-refractivity contribution in [3.05, 3.63) is 17.5 Å². The molecule has 1 atom stereocenters. The Hall–Kier alpha value is -0.870. The summed E-state index contributed by atoms with van der Waals surface area (Å²) in [6.07, 6.45) is 3.13. The van der Waals surface area contributed by atoms with E-state index in [-0.39, 0.29) is 6.04 Å². The Morgan fingerprint density at radius 3 is 2.88 bits per heavy atom. The molecule has 4 heteroatoms. The summed E-state index contributed by atoms with van der Waals surface area (Å²) in [7, 11) is 0. The first kappa shape index (κ1) is 12.6. The summed E-state index contributed by atoms with van der Waals surface area (Å²) in [4.78, 5) is 0. The van der Waals surface area contributed by atoms with E-state index in [1.54, 1.807) is 0 Å². The van der Waals surface area contributed by atoms with E-state index in [1.165, 1.54) is 5.69 Å². The number of ether oxygens (including phenoxy) is 1. The molecule has 1 unspecified atom stereocenters. The van der Waals surface area contributed by atoms with Crippen LogP contribution in [-0.4, -0.2) is 29.0 Å². The van der Waals surface area contributed by atoms with Gasteiger partial charge in [-0.1, -0.05) is 0 Å². The van der Waals surface area contributed by atoms with Crippen LogP contribution in [0.5, 0.6) is 0 Å². The third-order valence-corrected chi connectivity index (χ3v) is 3.60. The maximum atomic E-state index is 6.32. The molecule has 2 N–H and O–H groups in total. The van der Waals surface area contributed by atoms with Crippen molar-refractivity contribution in [3.8, 4) is 0 Å². The Morgan fingerprint density at radius 1 is 1.53 bits per heavy atom. The van der Waals surface area contributed by atoms with Gasteiger partial charge >= 0.3 is 0 Å². The van der Waals surface area contributed by atoms with E-state index in [4.69, 9.17) is 10.5 Å². The molecule has 1 aliphatic rings. The molecule has 1 aromatic heterocycles. The number of hydrogen-bond acceptors (Lipinski definition) is 3. The minimum absolute atomic E-state index is 0.236. The highest BCUT2D eigenvalue weighted by atomic mass is 16.5. The van der Waals surface area contributed by atoms with Crippen LogP contribution in [0, 0.1) is 12.8 Å². The monoisotopic (exact) mass is 237 g/mol. The SMILES string of the molecule is CCn1nc(C)cc1CC(N)C1CCOCC1. The molecule has 2 heterocycles. The van der Waals surface area contributed by atoms with E-state index in [9.17, 15) is 0 Å². The van der Waals surface area contributed by atoms with Gasteiger partial charge in [-0.15, -0.1) is 0 Å². The van der Waals surface area contributed by atoms with Crippen molar-refractivity contribution in [2.75, 3.05) is 13.2 Å². The minimum Gasteiger partial charge on any atom is -0.381 e. The fraction of sp³-hybridized carbons (Fsp3) is 0.769. The van der Waals surface area contributed by atoms with Gasteiger partial charge in [-0.05, 0) is 38.7 Å². The van der Waals surface area contributed by atoms with E-state index in [2.05, 4.69) is 22.8 Å². The van der Waals surface area contributed by atoms with Gasteiger partial charge in [0.05, 0.1) is 5.69 Å². The van der Waals surface area contributed by atoms with Crippen molar-refractivity contribution in [2.24, 2.45) is 11.7 Å². The molecular weight excluding hydrogens is 214 g/mol. The second-order valence-electron chi connectivity index (χ2n) is 4.91. The Labute approximate surface area is 103 Å². The standard InChI is InChI=1S/C13H23N3O/c1-3-16-12(8-10(2)15-16)9-13(14)11-4-6-17-7-5-11/h8,11,13H,3-7,9,14H2,1-2H3. The first-order chi connectivity index (χ1) is 8.20. The summed E-state index contributed by atoms with van der Waals surface area (Å²) < 4.78 is 7.44. The average molecular weight is 237 g/mol. The zero-order valence-electron chi connectivity index (χ0n) is 10.9. The van der Waals surface area contributed by atoms with Crippen LogP contribution < -0.4 is 5.73 Å². The normalized spacial score (nSPS) is 19.5. The molecule has 0 aliphatic carbocycles. The van der Waals surface area contributed by atoms with Gasteiger partial charge in [0.1, 0.15) is 0 Å². The maximum Gasteiger partial charge on any atom is 0.0596 e. The van der Waals surface area contributed by atoms with Gasteiger partial charge in [-0.3, -0.25) is 4.68 Å². The predicted octanol–water partition coefficient (Wildman–Crippen LogP) is 1.51. The number of aromatic nitrogens is 2. The van der Waals surface area contributed by atoms with E-state index in [0.29, 0.717) is 5.92 Å². The Kier molecular flexibility index (Phi) is 4.18. The Bertz CT molecular complexity index is 356. The predicted molar refractivity (Wildman–Crippen MR) is 67.9 cm³/mol. The third kappa shape index (κ3) is 3.07. The zero-order chi connectivity index (χ0) is 12.3. The summed E-state index contributed by atoms with van der Waals surface area (Å²) in [5, 5.41) is 4.46. The number of nitrogens with zero attached hydrogens (tertiary/aromatic N) is 2. The topological polar surface area (TPSA) is 53.1 Å². The Balaban J connectivity index is 1.98. The molecule has 0 radical (unpaired) electrons. The highest BCUT2D eigenvalue weighted by molar-refractivity contribution is 5.10. The van der Waals surface area contributed by atoms with Crippen LogP contribution in [0.25, 0.3) is 0 Å². The first-order valence-electron chi connectivity index (χ1n) is 6.57. The molecule has 17 heavy (non-hydrogen) atoms. The quantitative estimate of drug-likeness (QED) is 0.863. The van der Waals surface area contributed by atoms with Gasteiger partial charge in [-0.25, -0.2) is 0 Å². The number of nitrogens with two attached hydrogens (primary N) is 1. The second-order valence-corrected chi connectivity index (χ2v) is 4.91. The van der Waals surface area contributed by atoms with Crippen molar-refractivity contribution in [1.82, 2.24) is 9.78 Å². The fourth-order valence-electron chi connectivity index (χ4n) is 2.59. The minimum atomic E-state index is 0.236. The van der Waals surface area contributed by atoms with Gasteiger partial charge in [0.25, 0.3) is 0 Å². The van der Waals surface area contributed by atoms with E-state index < -0.39 is 0 Å². The second kappa shape index (κ2) is 5.65. The molecule has 0 bridgehead atoms. The molecular formula is C13H23N3O. The lowest BCUT2D eigenvalue weighted by atomic mass is 9.89. The molecule has 2 rings (SSSR count). The summed E-state index contributed by atoms with van der Waals surface area (Å²) in [6.45, 7) is 6.81. The molecule has 1 saturated heterocycles. The number of rotatable bonds is 4. The summed E-state index contributed by atoms with van der Waals surface area (Å²) >= 11 is 0. The van der Waals surface area contributed by atoms with Crippen LogP contribution in [0.2, 0.25) is 0 Å². The maximum absolute atomic E-state index is 6.32. The van der Waals surface area contributed by atoms with E-state index >= 15 is 0 Å². The van der Waals surface area contributed by atoms with Crippen LogP contribution >= 0.6 is 0 Å². The summed E-state index contributed by atoms with van der Waals surface area (Å²) in [5.41, 5.74) is 8.67. The van der Waals surface area contributed by atoms with E-state index in [1.807, 2.05) is 6.92 Å². The smallest absolute Gasteiger partial charge is 0.0596 e. The molecule has 4 nitrogen and oxygen atoms in total. The number of aryl methyl sites for hydroxylation is 2. The fourth-order valence-corrected chi connectivity index (χ4v) is 2.59. The van der Waals surface area contributed by atoms with Gasteiger partial charge in [-0.2, -0.15) is 5.10 Å².